The fraction of sp³-hybridized carbons (Fsp3) is 0.500. The summed E-state index contributed by atoms with van der Waals surface area (Å²) in [6.45, 7) is 5.98. The second-order valence-corrected chi connectivity index (χ2v) is 2.39. The van der Waals surface area contributed by atoms with Crippen molar-refractivity contribution in [2.45, 2.75) is 19.8 Å². The molecule has 0 heteroatoms. The molecule has 0 bridgehead atoms. The molecule has 0 saturated heterocycles. The van der Waals surface area contributed by atoms with Gasteiger partial charge in [0.25, 0.3) is 0 Å². The summed E-state index contributed by atoms with van der Waals surface area (Å²) in [4.78, 5) is 0. The SMILES string of the molecule is C=CC1=CCCC1C. The predicted molar refractivity (Wildman–Crippen MR) is 36.7 cm³/mol. The molecular weight excluding hydrogens is 96.1 g/mol. The van der Waals surface area contributed by atoms with Gasteiger partial charge in [-0.3, -0.25) is 0 Å². The maximum atomic E-state index is 3.72. The molecule has 0 fully saturated rings. The third-order valence-corrected chi connectivity index (χ3v) is 1.78. The second kappa shape index (κ2) is 2.17. The molecular formula is C8H12. The van der Waals surface area contributed by atoms with E-state index in [-0.39, 0.29) is 0 Å². The van der Waals surface area contributed by atoms with Gasteiger partial charge in [0.2, 0.25) is 0 Å². The van der Waals surface area contributed by atoms with Gasteiger partial charge < -0.3 is 0 Å². The monoisotopic (exact) mass is 108 g/mol. The minimum atomic E-state index is 0.771. The van der Waals surface area contributed by atoms with Gasteiger partial charge in [-0.25, -0.2) is 0 Å². The van der Waals surface area contributed by atoms with Crippen LogP contribution in [0.3, 0.4) is 0 Å². The summed E-state index contributed by atoms with van der Waals surface area (Å²) >= 11 is 0. The Kier molecular flexibility index (Phi) is 1.52. The van der Waals surface area contributed by atoms with Crippen LogP contribution < -0.4 is 0 Å². The maximum Gasteiger partial charge on any atom is -0.0191 e. The average molecular weight is 108 g/mol. The Hall–Kier alpha value is -0.520. The molecule has 1 rings (SSSR count). The summed E-state index contributed by atoms with van der Waals surface area (Å²) in [7, 11) is 0. The highest BCUT2D eigenvalue weighted by molar-refractivity contribution is 5.22. The Labute approximate surface area is 50.9 Å². The molecule has 0 heterocycles. The van der Waals surface area contributed by atoms with Gasteiger partial charge in [0, 0.05) is 0 Å². The zero-order chi connectivity index (χ0) is 5.98. The van der Waals surface area contributed by atoms with E-state index in [9.17, 15) is 0 Å². The first kappa shape index (κ1) is 5.61. The zero-order valence-corrected chi connectivity index (χ0v) is 5.35. The van der Waals surface area contributed by atoms with E-state index < -0.39 is 0 Å². The van der Waals surface area contributed by atoms with Crippen molar-refractivity contribution in [1.82, 2.24) is 0 Å². The van der Waals surface area contributed by atoms with Crippen LogP contribution >= 0.6 is 0 Å². The number of allylic oxidation sites excluding steroid dienone is 3. The van der Waals surface area contributed by atoms with Gasteiger partial charge in [-0.15, -0.1) is 0 Å². The number of rotatable bonds is 1. The van der Waals surface area contributed by atoms with Gasteiger partial charge in [0.1, 0.15) is 0 Å². The van der Waals surface area contributed by atoms with E-state index in [1.165, 1.54) is 18.4 Å². The Morgan fingerprint density at radius 3 is 2.88 bits per heavy atom. The predicted octanol–water partition coefficient (Wildman–Crippen LogP) is 2.53. The van der Waals surface area contributed by atoms with Crippen molar-refractivity contribution in [2.24, 2.45) is 5.92 Å². The Balaban J connectivity index is 2.62. The van der Waals surface area contributed by atoms with Crippen LogP contribution in [0.5, 0.6) is 0 Å². The van der Waals surface area contributed by atoms with Crippen LogP contribution in [0.4, 0.5) is 0 Å². The molecule has 8 heavy (non-hydrogen) atoms. The van der Waals surface area contributed by atoms with Gasteiger partial charge in [-0.1, -0.05) is 25.7 Å². The summed E-state index contributed by atoms with van der Waals surface area (Å²) in [5, 5.41) is 0. The first-order chi connectivity index (χ1) is 3.84. The van der Waals surface area contributed by atoms with Crippen molar-refractivity contribution in [2.75, 3.05) is 0 Å². The maximum absolute atomic E-state index is 3.72. The standard InChI is InChI=1S/C8H12/c1-3-8-6-4-5-7(8)2/h3,6-7H,1,4-5H2,2H3. The largest absolute Gasteiger partial charge is 0.0988 e. The van der Waals surface area contributed by atoms with Crippen LogP contribution in [-0.2, 0) is 0 Å². The third-order valence-electron chi connectivity index (χ3n) is 1.78. The third kappa shape index (κ3) is 0.835. The van der Waals surface area contributed by atoms with Gasteiger partial charge >= 0.3 is 0 Å². The number of hydrogen-bond acceptors (Lipinski definition) is 0. The van der Waals surface area contributed by atoms with Crippen molar-refractivity contribution in [1.29, 1.82) is 0 Å². The lowest BCUT2D eigenvalue weighted by Crippen LogP contribution is -1.87. The second-order valence-electron chi connectivity index (χ2n) is 2.39. The van der Waals surface area contributed by atoms with Crippen LogP contribution in [0.1, 0.15) is 19.8 Å². The summed E-state index contributed by atoms with van der Waals surface area (Å²) in [6.07, 6.45) is 6.82. The zero-order valence-electron chi connectivity index (χ0n) is 5.35. The lowest BCUT2D eigenvalue weighted by Gasteiger charge is -2.00. The quantitative estimate of drug-likeness (QED) is 0.484. The van der Waals surface area contributed by atoms with Crippen LogP contribution in [0, 0.1) is 5.92 Å². The van der Waals surface area contributed by atoms with Crippen LogP contribution in [0.2, 0.25) is 0 Å². The molecule has 0 aromatic carbocycles. The minimum absolute atomic E-state index is 0.771. The Morgan fingerprint density at radius 2 is 2.62 bits per heavy atom. The molecule has 0 amide bonds. The van der Waals surface area contributed by atoms with Gasteiger partial charge in [0.15, 0.2) is 0 Å². The normalized spacial score (nSPS) is 27.6. The molecule has 0 radical (unpaired) electrons. The smallest absolute Gasteiger partial charge is 0.0191 e. The summed E-state index contributed by atoms with van der Waals surface area (Å²) in [5.74, 6) is 0.771. The average Bonchev–Trinajstić information content (AvgIpc) is 2.14. The topological polar surface area (TPSA) is 0 Å². The van der Waals surface area contributed by atoms with E-state index in [1.54, 1.807) is 0 Å². The summed E-state index contributed by atoms with van der Waals surface area (Å²) in [6, 6.07) is 0. The van der Waals surface area contributed by atoms with Gasteiger partial charge in [-0.2, -0.15) is 0 Å². The van der Waals surface area contributed by atoms with Gasteiger partial charge in [0.05, 0.1) is 0 Å². The molecule has 1 unspecified atom stereocenters. The van der Waals surface area contributed by atoms with Crippen LogP contribution in [0.15, 0.2) is 24.3 Å². The Morgan fingerprint density at radius 1 is 1.88 bits per heavy atom. The molecule has 0 aromatic heterocycles. The summed E-state index contributed by atoms with van der Waals surface area (Å²) < 4.78 is 0. The molecule has 1 aliphatic rings. The highest BCUT2D eigenvalue weighted by Gasteiger charge is 2.09. The molecule has 0 N–H and O–H groups in total. The van der Waals surface area contributed by atoms with E-state index in [0.717, 1.165) is 5.92 Å². The first-order valence-corrected chi connectivity index (χ1v) is 3.17. The van der Waals surface area contributed by atoms with Crippen molar-refractivity contribution in [3.05, 3.63) is 24.3 Å². The van der Waals surface area contributed by atoms with Crippen molar-refractivity contribution < 1.29 is 0 Å². The molecule has 0 spiro atoms. The molecule has 44 valence electrons. The van der Waals surface area contributed by atoms with E-state index >= 15 is 0 Å². The van der Waals surface area contributed by atoms with Crippen molar-refractivity contribution in [3.8, 4) is 0 Å². The van der Waals surface area contributed by atoms with E-state index in [0.29, 0.717) is 0 Å². The highest BCUT2D eigenvalue weighted by atomic mass is 14.1. The molecule has 0 saturated carbocycles. The van der Waals surface area contributed by atoms with Crippen LogP contribution in [0.25, 0.3) is 0 Å². The molecule has 1 atom stereocenters. The van der Waals surface area contributed by atoms with E-state index in [1.807, 2.05) is 6.08 Å². The first-order valence-electron chi connectivity index (χ1n) is 3.17. The van der Waals surface area contributed by atoms with E-state index in [4.69, 9.17) is 0 Å². The fourth-order valence-electron chi connectivity index (χ4n) is 1.15. The highest BCUT2D eigenvalue weighted by Crippen LogP contribution is 2.24. The molecule has 0 aromatic rings. The lowest BCUT2D eigenvalue weighted by molar-refractivity contribution is 0.682. The fourth-order valence-corrected chi connectivity index (χ4v) is 1.15. The van der Waals surface area contributed by atoms with Gasteiger partial charge in [-0.05, 0) is 24.3 Å². The molecule has 0 nitrogen and oxygen atoms in total. The van der Waals surface area contributed by atoms with E-state index in [2.05, 4.69) is 19.6 Å². The summed E-state index contributed by atoms with van der Waals surface area (Å²) in [5.41, 5.74) is 1.44. The molecule has 0 aliphatic heterocycles. The van der Waals surface area contributed by atoms with Crippen molar-refractivity contribution >= 4 is 0 Å². The van der Waals surface area contributed by atoms with Crippen molar-refractivity contribution in [3.63, 3.8) is 0 Å². The van der Waals surface area contributed by atoms with Crippen LogP contribution in [-0.4, -0.2) is 0 Å². The Bertz CT molecular complexity index is 120. The number of hydrogen-bond donors (Lipinski definition) is 0. The molecule has 1 aliphatic carbocycles. The minimum Gasteiger partial charge on any atom is -0.0988 e. The lowest BCUT2D eigenvalue weighted by atomic mass is 10.1.